The van der Waals surface area contributed by atoms with Crippen molar-refractivity contribution in [2.45, 2.75) is 6.92 Å². The van der Waals surface area contributed by atoms with Gasteiger partial charge in [0.05, 0.1) is 11.4 Å². The van der Waals surface area contributed by atoms with E-state index in [1.807, 2.05) is 4.90 Å². The summed E-state index contributed by atoms with van der Waals surface area (Å²) in [5.41, 5.74) is 2.86. The van der Waals surface area contributed by atoms with E-state index in [-0.39, 0.29) is 11.6 Å². The number of nitrogens with zero attached hydrogens (tertiary/aromatic N) is 5. The SMILES string of the molecule is CC(=O)N1CCN(c2c(F)cc(NN=C(C#N)C#N)cc2Br)CC1. The van der Waals surface area contributed by atoms with Crippen LogP contribution >= 0.6 is 15.9 Å². The van der Waals surface area contributed by atoms with Gasteiger partial charge in [0, 0.05) is 43.6 Å². The zero-order chi connectivity index (χ0) is 17.7. The number of nitrogens with one attached hydrogen (secondary N) is 1. The molecule has 124 valence electrons. The van der Waals surface area contributed by atoms with Crippen molar-refractivity contribution in [2.75, 3.05) is 36.5 Å². The molecule has 1 aromatic rings. The van der Waals surface area contributed by atoms with E-state index in [1.165, 1.54) is 13.0 Å². The largest absolute Gasteiger partial charge is 0.365 e. The van der Waals surface area contributed by atoms with Crippen LogP contribution in [-0.2, 0) is 4.79 Å². The smallest absolute Gasteiger partial charge is 0.237 e. The predicted molar refractivity (Wildman–Crippen MR) is 90.9 cm³/mol. The molecule has 0 unspecified atom stereocenters. The zero-order valence-corrected chi connectivity index (χ0v) is 14.5. The Morgan fingerprint density at radius 1 is 1.29 bits per heavy atom. The lowest BCUT2D eigenvalue weighted by molar-refractivity contribution is -0.129. The van der Waals surface area contributed by atoms with Gasteiger partial charge in [-0.05, 0) is 22.0 Å². The molecule has 7 nitrogen and oxygen atoms in total. The molecule has 0 radical (unpaired) electrons. The molecule has 1 fully saturated rings. The number of nitriles is 2. The second kappa shape index (κ2) is 7.75. The second-order valence-corrected chi connectivity index (χ2v) is 5.93. The summed E-state index contributed by atoms with van der Waals surface area (Å²) < 4.78 is 15.0. The van der Waals surface area contributed by atoms with Crippen molar-refractivity contribution < 1.29 is 9.18 Å². The average molecular weight is 393 g/mol. The van der Waals surface area contributed by atoms with Crippen LogP contribution in [0.25, 0.3) is 0 Å². The van der Waals surface area contributed by atoms with Gasteiger partial charge in [0.1, 0.15) is 18.0 Å². The van der Waals surface area contributed by atoms with Crippen molar-refractivity contribution in [3.63, 3.8) is 0 Å². The van der Waals surface area contributed by atoms with Gasteiger partial charge in [-0.2, -0.15) is 15.6 Å². The van der Waals surface area contributed by atoms with Gasteiger partial charge >= 0.3 is 0 Å². The van der Waals surface area contributed by atoms with Gasteiger partial charge in [-0.1, -0.05) is 0 Å². The Bertz CT molecular complexity index is 719. The van der Waals surface area contributed by atoms with E-state index in [4.69, 9.17) is 10.5 Å². The molecule has 0 spiro atoms. The molecular formula is C15H14BrFN6O. The minimum Gasteiger partial charge on any atom is -0.365 e. The number of hydrogen-bond donors (Lipinski definition) is 1. The summed E-state index contributed by atoms with van der Waals surface area (Å²) in [6.45, 7) is 3.67. The fraction of sp³-hybridized carbons (Fsp3) is 0.333. The number of hydrogen-bond acceptors (Lipinski definition) is 6. The van der Waals surface area contributed by atoms with E-state index in [0.29, 0.717) is 42.0 Å². The molecule has 0 aromatic heterocycles. The van der Waals surface area contributed by atoms with Crippen LogP contribution in [0.2, 0.25) is 0 Å². The summed E-state index contributed by atoms with van der Waals surface area (Å²) in [5.74, 6) is -0.453. The van der Waals surface area contributed by atoms with Crippen molar-refractivity contribution in [1.29, 1.82) is 10.5 Å². The third-order valence-electron chi connectivity index (χ3n) is 3.57. The summed E-state index contributed by atoms with van der Waals surface area (Å²) in [4.78, 5) is 14.9. The molecule has 1 heterocycles. The first-order chi connectivity index (χ1) is 11.5. The Hall–Kier alpha value is -2.65. The Morgan fingerprint density at radius 3 is 2.42 bits per heavy atom. The van der Waals surface area contributed by atoms with Crippen molar-refractivity contribution >= 4 is 38.9 Å². The zero-order valence-electron chi connectivity index (χ0n) is 12.9. The van der Waals surface area contributed by atoms with Crippen LogP contribution in [-0.4, -0.2) is 42.7 Å². The van der Waals surface area contributed by atoms with Crippen LogP contribution in [0.3, 0.4) is 0 Å². The van der Waals surface area contributed by atoms with Crippen LogP contribution in [0, 0.1) is 28.5 Å². The minimum atomic E-state index is -0.464. The van der Waals surface area contributed by atoms with Crippen LogP contribution in [0.1, 0.15) is 6.92 Å². The molecule has 1 aromatic carbocycles. The quantitative estimate of drug-likeness (QED) is 0.627. The van der Waals surface area contributed by atoms with Crippen molar-refractivity contribution in [2.24, 2.45) is 5.10 Å². The molecule has 1 saturated heterocycles. The van der Waals surface area contributed by atoms with E-state index in [9.17, 15) is 9.18 Å². The van der Waals surface area contributed by atoms with Gasteiger partial charge in [-0.25, -0.2) is 4.39 Å². The number of hydrazone groups is 1. The summed E-state index contributed by atoms with van der Waals surface area (Å²) in [6.07, 6.45) is 0. The van der Waals surface area contributed by atoms with Crippen LogP contribution in [0.4, 0.5) is 15.8 Å². The topological polar surface area (TPSA) is 95.5 Å². The first kappa shape index (κ1) is 17.7. The summed E-state index contributed by atoms with van der Waals surface area (Å²) in [7, 11) is 0. The molecule has 1 amide bonds. The van der Waals surface area contributed by atoms with Gasteiger partial charge < -0.3 is 9.80 Å². The number of piperazine rings is 1. The number of amides is 1. The van der Waals surface area contributed by atoms with E-state index < -0.39 is 5.82 Å². The molecule has 1 N–H and O–H groups in total. The Morgan fingerprint density at radius 2 is 1.92 bits per heavy atom. The molecule has 9 heteroatoms. The fourth-order valence-corrected chi connectivity index (χ4v) is 3.06. The maximum Gasteiger partial charge on any atom is 0.237 e. The minimum absolute atomic E-state index is 0.0115. The first-order valence-corrected chi connectivity index (χ1v) is 7.89. The number of benzene rings is 1. The third kappa shape index (κ3) is 4.00. The maximum absolute atomic E-state index is 14.5. The number of carbonyl (C=O) groups is 1. The van der Waals surface area contributed by atoms with E-state index >= 15 is 0 Å². The number of halogens is 2. The maximum atomic E-state index is 14.5. The summed E-state index contributed by atoms with van der Waals surface area (Å²) >= 11 is 3.34. The highest BCUT2D eigenvalue weighted by molar-refractivity contribution is 9.10. The molecule has 0 aliphatic carbocycles. The molecule has 1 aliphatic heterocycles. The van der Waals surface area contributed by atoms with E-state index in [0.717, 1.165) is 0 Å². The normalized spacial score (nSPS) is 13.7. The summed E-state index contributed by atoms with van der Waals surface area (Å²) in [6, 6.07) is 6.08. The van der Waals surface area contributed by atoms with E-state index in [2.05, 4.69) is 26.5 Å². The number of carbonyl (C=O) groups excluding carboxylic acids is 1. The molecule has 1 aliphatic rings. The van der Waals surface area contributed by atoms with Gasteiger partial charge in [0.15, 0.2) is 0 Å². The van der Waals surface area contributed by atoms with Gasteiger partial charge in [0.2, 0.25) is 11.6 Å². The van der Waals surface area contributed by atoms with Crippen LogP contribution < -0.4 is 10.3 Å². The molecule has 2 rings (SSSR count). The Balaban J connectivity index is 2.17. The Labute approximate surface area is 147 Å². The van der Waals surface area contributed by atoms with Crippen LogP contribution in [0.5, 0.6) is 0 Å². The molecule has 0 atom stereocenters. The average Bonchev–Trinajstić information content (AvgIpc) is 2.55. The Kier molecular flexibility index (Phi) is 5.72. The molecular weight excluding hydrogens is 379 g/mol. The first-order valence-electron chi connectivity index (χ1n) is 7.09. The van der Waals surface area contributed by atoms with Crippen molar-refractivity contribution in [3.8, 4) is 12.1 Å². The van der Waals surface area contributed by atoms with Gasteiger partial charge in [-0.3, -0.25) is 10.2 Å². The molecule has 0 bridgehead atoms. The second-order valence-electron chi connectivity index (χ2n) is 5.08. The molecule has 0 saturated carbocycles. The predicted octanol–water partition coefficient (Wildman–Crippen LogP) is 2.07. The number of anilines is 2. The fourth-order valence-electron chi connectivity index (χ4n) is 2.37. The lowest BCUT2D eigenvalue weighted by Crippen LogP contribution is -2.48. The van der Waals surface area contributed by atoms with Gasteiger partial charge in [-0.15, -0.1) is 0 Å². The van der Waals surface area contributed by atoms with Crippen molar-refractivity contribution in [1.82, 2.24) is 4.90 Å². The van der Waals surface area contributed by atoms with Crippen LogP contribution in [0.15, 0.2) is 21.7 Å². The van der Waals surface area contributed by atoms with E-state index in [1.54, 1.807) is 23.1 Å². The lowest BCUT2D eigenvalue weighted by Gasteiger charge is -2.36. The lowest BCUT2D eigenvalue weighted by atomic mass is 10.2. The highest BCUT2D eigenvalue weighted by Gasteiger charge is 2.23. The standard InChI is InChI=1S/C15H14BrFN6O/c1-10(24)22-2-4-23(5-3-22)15-13(16)6-11(7-14(15)17)20-21-12(8-18)9-19/h6-7,20H,2-5H2,1H3. The molecule has 24 heavy (non-hydrogen) atoms. The third-order valence-corrected chi connectivity index (χ3v) is 4.17. The highest BCUT2D eigenvalue weighted by Crippen LogP contribution is 2.33. The highest BCUT2D eigenvalue weighted by atomic mass is 79.9. The van der Waals surface area contributed by atoms with Crippen molar-refractivity contribution in [3.05, 3.63) is 22.4 Å². The summed E-state index contributed by atoms with van der Waals surface area (Å²) in [5, 5.41) is 20.8. The number of rotatable bonds is 3. The monoisotopic (exact) mass is 392 g/mol. The van der Waals surface area contributed by atoms with Gasteiger partial charge in [0.25, 0.3) is 0 Å².